The minimum atomic E-state index is -1.45. The number of quaternary nitrogens is 1. The third-order valence-electron chi connectivity index (χ3n) is 5.94. The zero-order valence-corrected chi connectivity index (χ0v) is 20.9. The molecular formula is C25H33BrNO3S+. The summed E-state index contributed by atoms with van der Waals surface area (Å²) in [7, 11) is 0. The summed E-state index contributed by atoms with van der Waals surface area (Å²) in [5.74, 6) is 0.673. The highest BCUT2D eigenvalue weighted by Gasteiger charge is 2.59. The maximum Gasteiger partial charge on any atom is 0.390 e. The summed E-state index contributed by atoms with van der Waals surface area (Å²) in [6.07, 6.45) is 13.9. The number of amides is 1. The number of nitrogens with zero attached hydrogens (tertiary/aromatic N) is 1. The molecule has 168 valence electrons. The lowest BCUT2D eigenvalue weighted by atomic mass is 9.99. The van der Waals surface area contributed by atoms with Gasteiger partial charge < -0.3 is 9.29 Å². The van der Waals surface area contributed by atoms with E-state index in [1.165, 1.54) is 0 Å². The summed E-state index contributed by atoms with van der Waals surface area (Å²) in [5, 5.41) is 0.691. The van der Waals surface area contributed by atoms with Gasteiger partial charge in [-0.05, 0) is 42.2 Å². The van der Waals surface area contributed by atoms with Gasteiger partial charge in [0.15, 0.2) is 17.0 Å². The molecule has 4 nitrogen and oxygen atoms in total. The van der Waals surface area contributed by atoms with Crippen LogP contribution in [0.25, 0.3) is 0 Å². The predicted octanol–water partition coefficient (Wildman–Crippen LogP) is 6.14. The number of hydrogen-bond donors (Lipinski definition) is 0. The molecule has 31 heavy (non-hydrogen) atoms. The summed E-state index contributed by atoms with van der Waals surface area (Å²) >= 11 is 2.00. The minimum absolute atomic E-state index is 0.0579. The smallest absolute Gasteiger partial charge is 0.390 e. The first-order valence-corrected chi connectivity index (χ1v) is 13.5. The van der Waals surface area contributed by atoms with E-state index < -0.39 is 11.4 Å². The van der Waals surface area contributed by atoms with Crippen LogP contribution in [-0.2, 0) is 16.2 Å². The summed E-state index contributed by atoms with van der Waals surface area (Å²) < 4.78 is 19.8. The van der Waals surface area contributed by atoms with Gasteiger partial charge >= 0.3 is 5.91 Å². The summed E-state index contributed by atoms with van der Waals surface area (Å²) in [5.41, 5.74) is 2.36. The largest absolute Gasteiger partial charge is 0.565 e. The Balaban J connectivity index is 1.98. The van der Waals surface area contributed by atoms with Crippen LogP contribution >= 0.6 is 15.9 Å². The lowest BCUT2D eigenvalue weighted by Gasteiger charge is -2.40. The Morgan fingerprint density at radius 1 is 1.16 bits per heavy atom. The number of rotatable bonds is 11. The van der Waals surface area contributed by atoms with Crippen LogP contribution in [0.5, 0.6) is 5.75 Å². The Bertz CT molecular complexity index is 866. The van der Waals surface area contributed by atoms with Gasteiger partial charge in [-0.25, -0.2) is 4.79 Å². The summed E-state index contributed by atoms with van der Waals surface area (Å²) in [6, 6.07) is 7.68. The number of unbranched alkanes of at least 4 members (excludes halogenated alkanes) is 4. The van der Waals surface area contributed by atoms with Gasteiger partial charge in [0.2, 0.25) is 5.25 Å². The van der Waals surface area contributed by atoms with E-state index in [2.05, 4.69) is 22.9 Å². The van der Waals surface area contributed by atoms with Crippen LogP contribution in [0.1, 0.15) is 52.4 Å². The number of carbonyl (C=O) groups is 1. The second-order valence-electron chi connectivity index (χ2n) is 8.09. The van der Waals surface area contributed by atoms with Crippen molar-refractivity contribution >= 4 is 38.9 Å². The highest BCUT2D eigenvalue weighted by atomic mass is 79.9. The van der Waals surface area contributed by atoms with Crippen LogP contribution in [0, 0.1) is 0 Å². The molecular weight excluding hydrogens is 474 g/mol. The number of ether oxygens (including phenoxy) is 1. The predicted molar refractivity (Wildman–Crippen MR) is 134 cm³/mol. The van der Waals surface area contributed by atoms with Gasteiger partial charge in [-0.1, -0.05) is 60.0 Å². The van der Waals surface area contributed by atoms with E-state index >= 15 is 0 Å². The van der Waals surface area contributed by atoms with E-state index in [9.17, 15) is 9.35 Å². The standard InChI is InChI=1S/C25H33BrNO3S/c1-3-4-5-9-17-27(21-12-11-13-22(19-21)30-18-10-8-16-26)25(28)20(2)23-14-6-7-15-24(23)31(27)29/h6-7,11-15,19,24H,3-5,8-10,16-18H2,1-2H3/q+1. The molecule has 0 spiro atoms. The lowest BCUT2D eigenvalue weighted by Crippen LogP contribution is -2.64. The van der Waals surface area contributed by atoms with Gasteiger partial charge in [0.05, 0.1) is 12.2 Å². The normalized spacial score (nSPS) is 25.1. The second-order valence-corrected chi connectivity index (χ2v) is 10.6. The van der Waals surface area contributed by atoms with E-state index in [1.54, 1.807) is 0 Å². The molecule has 3 unspecified atom stereocenters. The first-order valence-electron chi connectivity index (χ1n) is 11.3. The molecule has 1 amide bonds. The van der Waals surface area contributed by atoms with Crippen LogP contribution in [0.2, 0.25) is 0 Å². The van der Waals surface area contributed by atoms with Gasteiger partial charge in [-0.3, -0.25) is 0 Å². The quantitative estimate of drug-likeness (QED) is 0.156. The molecule has 0 bridgehead atoms. The average molecular weight is 508 g/mol. The molecule has 1 heterocycles. The average Bonchev–Trinajstić information content (AvgIpc) is 2.80. The number of halogens is 1. The van der Waals surface area contributed by atoms with Crippen LogP contribution in [-0.4, -0.2) is 34.2 Å². The van der Waals surface area contributed by atoms with Crippen molar-refractivity contribution in [2.24, 2.45) is 0 Å². The lowest BCUT2D eigenvalue weighted by molar-refractivity contribution is -0.122. The molecule has 6 heteroatoms. The molecule has 2 aliphatic rings. The molecule has 3 rings (SSSR count). The van der Waals surface area contributed by atoms with Crippen molar-refractivity contribution in [3.8, 4) is 5.75 Å². The zero-order valence-electron chi connectivity index (χ0n) is 18.5. The molecule has 3 atom stereocenters. The molecule has 1 aliphatic carbocycles. The Labute approximate surface area is 198 Å². The molecule has 0 radical (unpaired) electrons. The topological polar surface area (TPSA) is 49.4 Å². The van der Waals surface area contributed by atoms with E-state index in [4.69, 9.17) is 4.74 Å². The van der Waals surface area contributed by atoms with Crippen molar-refractivity contribution in [3.05, 3.63) is 59.7 Å². The Hall–Kier alpha value is -1.34. The highest BCUT2D eigenvalue weighted by molar-refractivity contribution is 9.09. The Morgan fingerprint density at radius 3 is 2.77 bits per heavy atom. The number of hydrogen-bond acceptors (Lipinski definition) is 3. The van der Waals surface area contributed by atoms with Gasteiger partial charge in [-0.15, -0.1) is 0 Å². The number of fused-ring (bicyclic) bond motifs is 1. The Kier molecular flexibility index (Phi) is 9.02. The van der Waals surface area contributed by atoms with Gasteiger partial charge in [0.25, 0.3) is 0 Å². The number of allylic oxidation sites excluding steroid dienone is 3. The van der Waals surface area contributed by atoms with Crippen molar-refractivity contribution in [2.75, 3.05) is 18.5 Å². The molecule has 0 saturated heterocycles. The summed E-state index contributed by atoms with van der Waals surface area (Å²) in [6.45, 7) is 5.21. The highest BCUT2D eigenvalue weighted by Crippen LogP contribution is 2.42. The van der Waals surface area contributed by atoms with Crippen LogP contribution in [0.3, 0.4) is 0 Å². The molecule has 1 aromatic rings. The van der Waals surface area contributed by atoms with E-state index in [1.807, 2.05) is 55.5 Å². The molecule has 0 aromatic heterocycles. The van der Waals surface area contributed by atoms with Gasteiger partial charge in [0, 0.05) is 29.5 Å². The van der Waals surface area contributed by atoms with Gasteiger partial charge in [0.1, 0.15) is 12.3 Å². The first-order chi connectivity index (χ1) is 15.1. The molecule has 1 aliphatic heterocycles. The summed E-state index contributed by atoms with van der Waals surface area (Å²) in [4.78, 5) is 13.8. The Morgan fingerprint density at radius 2 is 2.00 bits per heavy atom. The fourth-order valence-corrected chi connectivity index (χ4v) is 6.61. The van der Waals surface area contributed by atoms with E-state index in [-0.39, 0.29) is 15.0 Å². The van der Waals surface area contributed by atoms with Gasteiger partial charge in [-0.2, -0.15) is 0 Å². The molecule has 0 saturated carbocycles. The van der Waals surface area contributed by atoms with Crippen molar-refractivity contribution in [3.63, 3.8) is 0 Å². The van der Waals surface area contributed by atoms with Crippen molar-refractivity contribution in [1.29, 1.82) is 0 Å². The van der Waals surface area contributed by atoms with Crippen LogP contribution in [0.15, 0.2) is 59.7 Å². The van der Waals surface area contributed by atoms with E-state index in [0.717, 1.165) is 60.9 Å². The van der Waals surface area contributed by atoms with Crippen molar-refractivity contribution in [2.45, 2.75) is 57.6 Å². The molecule has 1 aromatic carbocycles. The zero-order chi connectivity index (χ0) is 22.3. The first kappa shape index (κ1) is 24.3. The SMILES string of the molecule is CCCCCC[N+]1(c2cccc(OCCCCBr)c2)C(=O)C(C)=C2C=CC=CC2[S+]1[O-]. The minimum Gasteiger partial charge on any atom is -0.565 e. The van der Waals surface area contributed by atoms with Crippen LogP contribution in [0.4, 0.5) is 5.69 Å². The molecule has 0 fully saturated rings. The van der Waals surface area contributed by atoms with Crippen LogP contribution < -0.4 is 8.63 Å². The number of alkyl halides is 1. The third kappa shape index (κ3) is 5.19. The second kappa shape index (κ2) is 11.5. The fourth-order valence-electron chi connectivity index (χ4n) is 4.19. The van der Waals surface area contributed by atoms with Crippen molar-refractivity contribution < 1.29 is 14.1 Å². The molecule has 0 N–H and O–H groups in total. The maximum absolute atomic E-state index is 14.0. The monoisotopic (exact) mass is 506 g/mol. The number of carbonyl (C=O) groups excluding carboxylic acids is 1. The maximum atomic E-state index is 14.0. The van der Waals surface area contributed by atoms with E-state index in [0.29, 0.717) is 18.7 Å². The fraction of sp³-hybridized carbons (Fsp3) is 0.480. The van der Waals surface area contributed by atoms with Crippen molar-refractivity contribution in [1.82, 2.24) is 3.89 Å². The third-order valence-corrected chi connectivity index (χ3v) is 8.52. The number of benzene rings is 1.